The van der Waals surface area contributed by atoms with Gasteiger partial charge in [-0.15, -0.1) is 0 Å². The molecule has 0 unspecified atom stereocenters. The van der Waals surface area contributed by atoms with E-state index in [9.17, 15) is 0 Å². The number of pyridine rings is 2. The van der Waals surface area contributed by atoms with Gasteiger partial charge >= 0.3 is 0 Å². The van der Waals surface area contributed by atoms with Crippen LogP contribution in [-0.2, 0) is 0 Å². The van der Waals surface area contributed by atoms with Gasteiger partial charge in [0.05, 0.1) is 44.3 Å². The van der Waals surface area contributed by atoms with Gasteiger partial charge in [0, 0.05) is 50.1 Å². The monoisotopic (exact) mass is 803 g/mol. The number of hydrogen-bond acceptors (Lipinski definition) is 2. The molecule has 0 aliphatic heterocycles. The lowest BCUT2D eigenvalue weighted by molar-refractivity contribution is 1.08. The van der Waals surface area contributed by atoms with Crippen LogP contribution in [0.5, 0.6) is 0 Å². The quantitative estimate of drug-likeness (QED) is 0.168. The van der Waals surface area contributed by atoms with Gasteiger partial charge in [0.25, 0.3) is 0 Å². The fraction of sp³-hybridized carbons (Fsp3) is 0. The van der Waals surface area contributed by atoms with Gasteiger partial charge in [0.1, 0.15) is 5.82 Å². The van der Waals surface area contributed by atoms with Gasteiger partial charge < -0.3 is 9.13 Å². The smallest absolute Gasteiger partial charge is 0.138 e. The highest BCUT2D eigenvalue weighted by molar-refractivity contribution is 6.13. The molecule has 0 spiro atoms. The van der Waals surface area contributed by atoms with Crippen LogP contribution < -0.4 is 0 Å². The molecule has 0 amide bonds. The maximum atomic E-state index is 5.35. The van der Waals surface area contributed by atoms with Crippen LogP contribution in [0.1, 0.15) is 0 Å². The van der Waals surface area contributed by atoms with Crippen LogP contribution in [-0.4, -0.2) is 23.7 Å². The molecule has 0 bridgehead atoms. The van der Waals surface area contributed by atoms with Crippen LogP contribution in [0.15, 0.2) is 225 Å². The first-order valence-corrected chi connectivity index (χ1v) is 21.4. The SMILES string of the molecule is c1ccc(-c2cc(-c3ccccc3)nc(-n3c4ccccc4c4cc(-c5ccc6c7ccccc7n(-c7cccc(-n8c9ccccc9c9ncccc98)c7)c6c5)ccc43)c2)cc1. The fourth-order valence-electron chi connectivity index (χ4n) is 9.84. The predicted octanol–water partition coefficient (Wildman–Crippen LogP) is 14.8. The molecule has 0 fully saturated rings. The second-order valence-corrected chi connectivity index (χ2v) is 16.2. The van der Waals surface area contributed by atoms with Crippen LogP contribution in [0.3, 0.4) is 0 Å². The summed E-state index contributed by atoms with van der Waals surface area (Å²) >= 11 is 0. The van der Waals surface area contributed by atoms with Gasteiger partial charge in [-0.25, -0.2) is 4.98 Å². The molecule has 5 aromatic heterocycles. The van der Waals surface area contributed by atoms with Crippen molar-refractivity contribution in [2.24, 2.45) is 0 Å². The third-order valence-corrected chi connectivity index (χ3v) is 12.7. The molecule has 13 rings (SSSR count). The molecule has 294 valence electrons. The van der Waals surface area contributed by atoms with E-state index < -0.39 is 0 Å². The van der Waals surface area contributed by atoms with Crippen molar-refractivity contribution in [1.29, 1.82) is 0 Å². The highest BCUT2D eigenvalue weighted by Gasteiger charge is 2.19. The molecule has 0 atom stereocenters. The first-order valence-electron chi connectivity index (χ1n) is 21.4. The predicted molar refractivity (Wildman–Crippen MR) is 261 cm³/mol. The van der Waals surface area contributed by atoms with Crippen LogP contribution >= 0.6 is 0 Å². The minimum atomic E-state index is 0.888. The Morgan fingerprint density at radius 3 is 1.60 bits per heavy atom. The standard InChI is InChI=1S/C58H37N5/c1-3-15-38(16-4-1)42-34-50(39-17-5-2-6-18-39)60-57(36-42)63-52-25-11-8-22-46(52)49-33-40(29-31-54(49)63)41-28-30-47-45-21-7-10-24-51(45)62(56(47)35-41)44-20-13-19-43(37-44)61-53-26-12-9-23-48(53)58-55(61)27-14-32-59-58/h1-37H. The largest absolute Gasteiger partial charge is 0.309 e. The zero-order valence-corrected chi connectivity index (χ0v) is 34.1. The van der Waals surface area contributed by atoms with E-state index in [1.165, 1.54) is 27.1 Å². The molecule has 63 heavy (non-hydrogen) atoms. The lowest BCUT2D eigenvalue weighted by Crippen LogP contribution is -2.00. The summed E-state index contributed by atoms with van der Waals surface area (Å²) in [4.78, 5) is 10.2. The number of aromatic nitrogens is 5. The average Bonchev–Trinajstić information content (AvgIpc) is 4.00. The van der Waals surface area contributed by atoms with E-state index in [1.54, 1.807) is 0 Å². The normalized spacial score (nSPS) is 11.8. The molecular formula is C58H37N5. The van der Waals surface area contributed by atoms with Crippen molar-refractivity contribution in [2.75, 3.05) is 0 Å². The molecule has 0 saturated carbocycles. The maximum Gasteiger partial charge on any atom is 0.138 e. The van der Waals surface area contributed by atoms with Gasteiger partial charge in [-0.3, -0.25) is 9.55 Å². The zero-order chi connectivity index (χ0) is 41.4. The Labute approximate surface area is 363 Å². The number of fused-ring (bicyclic) bond motifs is 9. The van der Waals surface area contributed by atoms with Gasteiger partial charge in [0.2, 0.25) is 0 Å². The summed E-state index contributed by atoms with van der Waals surface area (Å²) in [6.07, 6.45) is 1.88. The van der Waals surface area contributed by atoms with Crippen LogP contribution in [0.2, 0.25) is 0 Å². The molecule has 13 aromatic rings. The summed E-state index contributed by atoms with van der Waals surface area (Å²) in [6.45, 7) is 0. The van der Waals surface area contributed by atoms with E-state index in [-0.39, 0.29) is 0 Å². The number of nitrogens with zero attached hydrogens (tertiary/aromatic N) is 5. The van der Waals surface area contributed by atoms with Crippen molar-refractivity contribution in [3.05, 3.63) is 225 Å². The summed E-state index contributed by atoms with van der Waals surface area (Å²) in [6, 6.07) is 78.4. The third kappa shape index (κ3) is 5.57. The van der Waals surface area contributed by atoms with E-state index in [0.717, 1.165) is 89.2 Å². The highest BCUT2D eigenvalue weighted by atomic mass is 15.1. The van der Waals surface area contributed by atoms with E-state index in [1.807, 2.05) is 12.3 Å². The number of benzene rings is 8. The van der Waals surface area contributed by atoms with E-state index in [2.05, 4.69) is 226 Å². The Morgan fingerprint density at radius 2 is 0.841 bits per heavy atom. The third-order valence-electron chi connectivity index (χ3n) is 12.7. The first-order chi connectivity index (χ1) is 31.2. The molecule has 0 aliphatic carbocycles. The first kappa shape index (κ1) is 35.2. The summed E-state index contributed by atoms with van der Waals surface area (Å²) in [5.41, 5.74) is 16.6. The summed E-state index contributed by atoms with van der Waals surface area (Å²) in [5, 5.41) is 5.97. The van der Waals surface area contributed by atoms with Gasteiger partial charge in [0.15, 0.2) is 0 Å². The van der Waals surface area contributed by atoms with Crippen LogP contribution in [0.25, 0.3) is 116 Å². The van der Waals surface area contributed by atoms with Crippen LogP contribution in [0, 0.1) is 0 Å². The van der Waals surface area contributed by atoms with Crippen molar-refractivity contribution >= 4 is 65.5 Å². The number of hydrogen-bond donors (Lipinski definition) is 0. The summed E-state index contributed by atoms with van der Waals surface area (Å²) in [7, 11) is 0. The molecule has 5 nitrogen and oxygen atoms in total. The molecule has 0 aliphatic rings. The Bertz CT molecular complexity index is 3800. The number of para-hydroxylation sites is 3. The van der Waals surface area contributed by atoms with Crippen molar-refractivity contribution in [3.8, 4) is 50.7 Å². The lowest BCUT2D eigenvalue weighted by Gasteiger charge is -2.13. The Hall–Kier alpha value is -8.54. The van der Waals surface area contributed by atoms with E-state index >= 15 is 0 Å². The van der Waals surface area contributed by atoms with Crippen molar-refractivity contribution in [1.82, 2.24) is 23.7 Å². The molecule has 8 aromatic carbocycles. The highest BCUT2D eigenvalue weighted by Crippen LogP contribution is 2.40. The van der Waals surface area contributed by atoms with Crippen molar-refractivity contribution < 1.29 is 0 Å². The Morgan fingerprint density at radius 1 is 0.286 bits per heavy atom. The maximum absolute atomic E-state index is 5.35. The van der Waals surface area contributed by atoms with E-state index in [4.69, 9.17) is 9.97 Å². The number of rotatable bonds is 6. The molecule has 0 saturated heterocycles. The Kier molecular flexibility index (Phi) is 7.84. The fourth-order valence-corrected chi connectivity index (χ4v) is 9.84. The minimum Gasteiger partial charge on any atom is -0.309 e. The molecule has 5 heteroatoms. The molecule has 5 heterocycles. The van der Waals surface area contributed by atoms with Gasteiger partial charge in [-0.2, -0.15) is 0 Å². The summed E-state index contributed by atoms with van der Waals surface area (Å²) < 4.78 is 7.08. The Balaban J connectivity index is 0.984. The zero-order valence-electron chi connectivity index (χ0n) is 34.1. The van der Waals surface area contributed by atoms with Crippen molar-refractivity contribution in [3.63, 3.8) is 0 Å². The van der Waals surface area contributed by atoms with Gasteiger partial charge in [-0.05, 0) is 101 Å². The average molecular weight is 804 g/mol. The minimum absolute atomic E-state index is 0.888. The molecule has 0 N–H and O–H groups in total. The van der Waals surface area contributed by atoms with E-state index in [0.29, 0.717) is 0 Å². The van der Waals surface area contributed by atoms with Crippen LogP contribution in [0.4, 0.5) is 0 Å². The molecule has 0 radical (unpaired) electrons. The lowest BCUT2D eigenvalue weighted by atomic mass is 10.0. The molecular weight excluding hydrogens is 767 g/mol. The second kappa shape index (κ2) is 14.0. The topological polar surface area (TPSA) is 40.6 Å². The van der Waals surface area contributed by atoms with Crippen molar-refractivity contribution in [2.45, 2.75) is 0 Å². The second-order valence-electron chi connectivity index (χ2n) is 16.2. The summed E-state index contributed by atoms with van der Waals surface area (Å²) in [5.74, 6) is 0.888. The van der Waals surface area contributed by atoms with Gasteiger partial charge in [-0.1, -0.05) is 140 Å².